The zero-order chi connectivity index (χ0) is 9.68. The summed E-state index contributed by atoms with van der Waals surface area (Å²) in [5.74, 6) is 1.29. The minimum atomic E-state index is 0.552. The maximum Gasteiger partial charge on any atom is 0.232 e. The average Bonchev–Trinajstić information content (AvgIpc) is 2.50. The molecule has 0 aliphatic rings. The highest BCUT2D eigenvalue weighted by Crippen LogP contribution is 2.07. The van der Waals surface area contributed by atoms with Gasteiger partial charge >= 0.3 is 0 Å². The third kappa shape index (κ3) is 3.49. The second kappa shape index (κ2) is 4.90. The summed E-state index contributed by atoms with van der Waals surface area (Å²) in [5, 5.41) is 4.27. The number of hydrogen-bond acceptors (Lipinski definition) is 2. The van der Waals surface area contributed by atoms with E-state index in [-0.39, 0.29) is 0 Å². The van der Waals surface area contributed by atoms with Gasteiger partial charge in [0.1, 0.15) is 0 Å². The van der Waals surface area contributed by atoms with Crippen LogP contribution in [0.15, 0.2) is 12.3 Å². The molecule has 13 heavy (non-hydrogen) atoms. The first-order valence-electron chi connectivity index (χ1n) is 4.88. The number of nitrogens with zero attached hydrogens (tertiary/aromatic N) is 2. The lowest BCUT2D eigenvalue weighted by molar-refractivity contribution is 0.258. The zero-order valence-corrected chi connectivity index (χ0v) is 8.66. The van der Waals surface area contributed by atoms with Crippen LogP contribution in [0.3, 0.4) is 0 Å². The van der Waals surface area contributed by atoms with E-state index in [0.29, 0.717) is 5.92 Å². The molecule has 0 radical (unpaired) electrons. The predicted octanol–water partition coefficient (Wildman–Crippen LogP) is 2.33. The third-order valence-corrected chi connectivity index (χ3v) is 1.63. The lowest BCUT2D eigenvalue weighted by Crippen LogP contribution is -2.05. The van der Waals surface area contributed by atoms with E-state index in [4.69, 9.17) is 4.74 Å². The molecule has 0 aromatic carbocycles. The highest BCUT2D eigenvalue weighted by atomic mass is 16.5. The van der Waals surface area contributed by atoms with Gasteiger partial charge in [-0.25, -0.2) is 0 Å². The van der Waals surface area contributed by atoms with Crippen LogP contribution in [0.5, 0.6) is 5.88 Å². The number of ether oxygens (including phenoxy) is 1. The molecule has 74 valence electrons. The van der Waals surface area contributed by atoms with E-state index in [2.05, 4.69) is 25.9 Å². The summed E-state index contributed by atoms with van der Waals surface area (Å²) in [6.45, 7) is 8.09. The monoisotopic (exact) mass is 182 g/mol. The first kappa shape index (κ1) is 10.1. The van der Waals surface area contributed by atoms with Gasteiger partial charge in [0.2, 0.25) is 5.88 Å². The Morgan fingerprint density at radius 3 is 2.92 bits per heavy atom. The van der Waals surface area contributed by atoms with Crippen molar-refractivity contribution >= 4 is 0 Å². The van der Waals surface area contributed by atoms with E-state index >= 15 is 0 Å². The molecule has 0 unspecified atom stereocenters. The first-order chi connectivity index (χ1) is 6.22. The van der Waals surface area contributed by atoms with E-state index in [9.17, 15) is 0 Å². The molecule has 0 atom stereocenters. The largest absolute Gasteiger partial charge is 0.476 e. The summed E-state index contributed by atoms with van der Waals surface area (Å²) in [7, 11) is 0. The molecule has 1 aromatic rings. The van der Waals surface area contributed by atoms with E-state index in [1.54, 1.807) is 0 Å². The van der Waals surface area contributed by atoms with Gasteiger partial charge in [0.15, 0.2) is 0 Å². The van der Waals surface area contributed by atoms with E-state index in [1.165, 1.54) is 0 Å². The van der Waals surface area contributed by atoms with Crippen LogP contribution in [0.1, 0.15) is 27.2 Å². The number of rotatable bonds is 5. The minimum Gasteiger partial charge on any atom is -0.476 e. The van der Waals surface area contributed by atoms with E-state index in [0.717, 1.165) is 25.5 Å². The SMILES string of the molecule is CCCn1ccc(OCC(C)C)n1. The molecule has 1 aromatic heterocycles. The minimum absolute atomic E-state index is 0.552. The van der Waals surface area contributed by atoms with Crippen molar-refractivity contribution < 1.29 is 4.74 Å². The summed E-state index contributed by atoms with van der Waals surface area (Å²) in [5.41, 5.74) is 0. The topological polar surface area (TPSA) is 27.1 Å². The molecule has 0 saturated carbocycles. The fraction of sp³-hybridized carbons (Fsp3) is 0.700. The summed E-state index contributed by atoms with van der Waals surface area (Å²) < 4.78 is 7.37. The Morgan fingerprint density at radius 2 is 2.31 bits per heavy atom. The van der Waals surface area contributed by atoms with E-state index < -0.39 is 0 Å². The molecule has 0 aliphatic heterocycles. The maximum atomic E-state index is 5.46. The van der Waals surface area contributed by atoms with Gasteiger partial charge in [0, 0.05) is 18.8 Å². The fourth-order valence-electron chi connectivity index (χ4n) is 1.03. The molecule has 3 heteroatoms. The van der Waals surface area contributed by atoms with Gasteiger partial charge in [0.05, 0.1) is 6.61 Å². The third-order valence-electron chi connectivity index (χ3n) is 1.63. The lowest BCUT2D eigenvalue weighted by Gasteiger charge is -2.04. The zero-order valence-electron chi connectivity index (χ0n) is 8.66. The van der Waals surface area contributed by atoms with Crippen molar-refractivity contribution in [2.24, 2.45) is 5.92 Å². The molecular weight excluding hydrogens is 164 g/mol. The van der Waals surface area contributed by atoms with Crippen LogP contribution in [0.25, 0.3) is 0 Å². The summed E-state index contributed by atoms with van der Waals surface area (Å²) >= 11 is 0. The Morgan fingerprint density at radius 1 is 1.54 bits per heavy atom. The highest BCUT2D eigenvalue weighted by molar-refractivity contribution is 5.05. The molecule has 1 heterocycles. The van der Waals surface area contributed by atoms with Crippen LogP contribution < -0.4 is 4.74 Å². The Hall–Kier alpha value is -0.990. The highest BCUT2D eigenvalue weighted by Gasteiger charge is 2.00. The predicted molar refractivity (Wildman–Crippen MR) is 52.9 cm³/mol. The summed E-state index contributed by atoms with van der Waals surface area (Å²) in [6.07, 6.45) is 3.06. The molecule has 0 spiro atoms. The van der Waals surface area contributed by atoms with Gasteiger partial charge in [-0.15, -0.1) is 5.10 Å². The van der Waals surface area contributed by atoms with Crippen molar-refractivity contribution in [1.29, 1.82) is 0 Å². The molecule has 0 saturated heterocycles. The molecule has 1 rings (SSSR count). The Bertz CT molecular complexity index is 243. The molecule has 0 aliphatic carbocycles. The Balaban J connectivity index is 2.39. The van der Waals surface area contributed by atoms with E-state index in [1.807, 2.05) is 16.9 Å². The smallest absolute Gasteiger partial charge is 0.232 e. The average molecular weight is 182 g/mol. The number of aromatic nitrogens is 2. The van der Waals surface area contributed by atoms with Gasteiger partial charge in [-0.1, -0.05) is 20.8 Å². The number of hydrogen-bond donors (Lipinski definition) is 0. The Labute approximate surface area is 79.7 Å². The molecule has 0 fully saturated rings. The van der Waals surface area contributed by atoms with Gasteiger partial charge < -0.3 is 4.74 Å². The maximum absolute atomic E-state index is 5.46. The first-order valence-corrected chi connectivity index (χ1v) is 4.88. The van der Waals surface area contributed by atoms with Gasteiger partial charge in [0.25, 0.3) is 0 Å². The molecular formula is C10H18N2O. The molecule has 3 nitrogen and oxygen atoms in total. The van der Waals surface area contributed by atoms with Crippen LogP contribution >= 0.6 is 0 Å². The van der Waals surface area contributed by atoms with Gasteiger partial charge in [-0.2, -0.15) is 0 Å². The lowest BCUT2D eigenvalue weighted by atomic mass is 10.2. The van der Waals surface area contributed by atoms with Crippen LogP contribution in [0.4, 0.5) is 0 Å². The molecule has 0 N–H and O–H groups in total. The van der Waals surface area contributed by atoms with Crippen LogP contribution in [0.2, 0.25) is 0 Å². The van der Waals surface area contributed by atoms with Gasteiger partial charge in [-0.05, 0) is 12.3 Å². The van der Waals surface area contributed by atoms with Crippen molar-refractivity contribution in [3.8, 4) is 5.88 Å². The van der Waals surface area contributed by atoms with Crippen molar-refractivity contribution in [1.82, 2.24) is 9.78 Å². The quantitative estimate of drug-likeness (QED) is 0.698. The normalized spacial score (nSPS) is 10.8. The summed E-state index contributed by atoms with van der Waals surface area (Å²) in [6, 6.07) is 1.91. The fourth-order valence-corrected chi connectivity index (χ4v) is 1.03. The number of aryl methyl sites for hydroxylation is 1. The van der Waals surface area contributed by atoms with Crippen molar-refractivity contribution in [2.75, 3.05) is 6.61 Å². The molecule has 0 amide bonds. The standard InChI is InChI=1S/C10H18N2O/c1-4-6-12-7-5-10(11-12)13-8-9(2)3/h5,7,9H,4,6,8H2,1-3H3. The van der Waals surface area contributed by atoms with Crippen LogP contribution in [-0.2, 0) is 6.54 Å². The summed E-state index contributed by atoms with van der Waals surface area (Å²) in [4.78, 5) is 0. The Kier molecular flexibility index (Phi) is 3.80. The van der Waals surface area contributed by atoms with Crippen LogP contribution in [0, 0.1) is 5.92 Å². The van der Waals surface area contributed by atoms with Crippen LogP contribution in [-0.4, -0.2) is 16.4 Å². The van der Waals surface area contributed by atoms with Crippen molar-refractivity contribution in [3.63, 3.8) is 0 Å². The molecule has 0 bridgehead atoms. The van der Waals surface area contributed by atoms with Crippen molar-refractivity contribution in [2.45, 2.75) is 33.7 Å². The second-order valence-corrected chi connectivity index (χ2v) is 3.62. The van der Waals surface area contributed by atoms with Crippen molar-refractivity contribution in [3.05, 3.63) is 12.3 Å². The van der Waals surface area contributed by atoms with Gasteiger partial charge in [-0.3, -0.25) is 4.68 Å². The second-order valence-electron chi connectivity index (χ2n) is 3.62.